The second-order valence-electron chi connectivity index (χ2n) is 9.01. The van der Waals surface area contributed by atoms with Crippen molar-refractivity contribution in [3.8, 4) is 0 Å². The Labute approximate surface area is 234 Å². The van der Waals surface area contributed by atoms with Crippen LogP contribution in [0.15, 0.2) is 39.4 Å². The van der Waals surface area contributed by atoms with Crippen LogP contribution < -0.4 is 4.90 Å². The lowest BCUT2D eigenvalue weighted by Gasteiger charge is -2.34. The van der Waals surface area contributed by atoms with Gasteiger partial charge in [-0.2, -0.15) is 4.31 Å². The van der Waals surface area contributed by atoms with Crippen LogP contribution in [-0.4, -0.2) is 87.3 Å². The first kappa shape index (κ1) is 27.3. The molecule has 2 aromatic heterocycles. The molecule has 13 heteroatoms. The van der Waals surface area contributed by atoms with Crippen LogP contribution in [-0.2, 0) is 19.6 Å². The molecule has 0 saturated carbocycles. The minimum absolute atomic E-state index is 0.0219. The number of hydrogen-bond acceptors (Lipinski definition) is 9. The summed E-state index contributed by atoms with van der Waals surface area (Å²) >= 11 is 10.2. The number of amides is 1. The van der Waals surface area contributed by atoms with Gasteiger partial charge in [-0.15, -0.1) is 23.1 Å². The van der Waals surface area contributed by atoms with Crippen LogP contribution in [0.4, 0.5) is 5.13 Å². The lowest BCUT2D eigenvalue weighted by atomic mass is 9.96. The maximum absolute atomic E-state index is 13.9. The van der Waals surface area contributed by atoms with E-state index in [2.05, 4.69) is 11.0 Å². The number of anilines is 1. The third kappa shape index (κ3) is 6.17. The zero-order valence-corrected chi connectivity index (χ0v) is 24.5. The Balaban J connectivity index is 1.32. The van der Waals surface area contributed by atoms with E-state index in [1.165, 1.54) is 15.6 Å². The van der Waals surface area contributed by atoms with Gasteiger partial charge in [0.05, 0.1) is 27.8 Å². The van der Waals surface area contributed by atoms with Crippen molar-refractivity contribution in [3.05, 3.63) is 34.7 Å². The van der Waals surface area contributed by atoms with Gasteiger partial charge >= 0.3 is 0 Å². The number of nitrogens with zero attached hydrogens (tertiary/aromatic N) is 4. The number of ether oxygens (including phenoxy) is 1. The van der Waals surface area contributed by atoms with Gasteiger partial charge in [0.1, 0.15) is 4.21 Å². The molecule has 0 bridgehead atoms. The summed E-state index contributed by atoms with van der Waals surface area (Å²) in [4.78, 5) is 24.0. The number of halogens is 1. The molecule has 0 N–H and O–H groups in total. The molecule has 0 aliphatic carbocycles. The van der Waals surface area contributed by atoms with E-state index in [4.69, 9.17) is 21.3 Å². The summed E-state index contributed by atoms with van der Waals surface area (Å²) in [6, 6.07) is 9.32. The fourth-order valence-electron chi connectivity index (χ4n) is 4.63. The van der Waals surface area contributed by atoms with Gasteiger partial charge in [-0.3, -0.25) is 14.6 Å². The highest BCUT2D eigenvalue weighted by molar-refractivity contribution is 7.98. The number of thiazole rings is 1. The number of aromatic nitrogens is 1. The summed E-state index contributed by atoms with van der Waals surface area (Å²) in [6.45, 7) is 5.01. The zero-order chi connectivity index (χ0) is 26.0. The number of hydrogen-bond donors (Lipinski definition) is 0. The highest BCUT2D eigenvalue weighted by atomic mass is 35.5. The SMILES string of the molecule is CSc1ccc2nc(N(CCN3CCOCC3)C(=O)C3CCN(S(=O)(=O)c4ccc(Cl)s4)CC3)sc2c1. The molecule has 3 aromatic rings. The van der Waals surface area contributed by atoms with Crippen LogP contribution in [0.5, 0.6) is 0 Å². The number of morpholine rings is 1. The summed E-state index contributed by atoms with van der Waals surface area (Å²) in [5.41, 5.74) is 0.887. The molecule has 5 rings (SSSR count). The monoisotopic (exact) mass is 600 g/mol. The van der Waals surface area contributed by atoms with Gasteiger partial charge < -0.3 is 4.74 Å². The van der Waals surface area contributed by atoms with Gasteiger partial charge in [-0.25, -0.2) is 13.4 Å². The number of sulfonamides is 1. The quantitative estimate of drug-likeness (QED) is 0.352. The molecule has 0 spiro atoms. The molecule has 2 aliphatic rings. The number of carbonyl (C=O) groups is 1. The van der Waals surface area contributed by atoms with Crippen molar-refractivity contribution in [2.75, 3.05) is 63.6 Å². The average Bonchev–Trinajstić information content (AvgIpc) is 3.55. The maximum Gasteiger partial charge on any atom is 0.252 e. The zero-order valence-electron chi connectivity index (χ0n) is 20.5. The summed E-state index contributed by atoms with van der Waals surface area (Å²) < 4.78 is 34.7. The Bertz CT molecular complexity index is 1350. The van der Waals surface area contributed by atoms with Crippen LogP contribution in [0.1, 0.15) is 12.8 Å². The Morgan fingerprint density at radius 2 is 1.92 bits per heavy atom. The van der Waals surface area contributed by atoms with Gasteiger partial charge in [-0.1, -0.05) is 22.9 Å². The van der Waals surface area contributed by atoms with Crippen LogP contribution in [0, 0.1) is 5.92 Å². The third-order valence-corrected chi connectivity index (χ3v) is 12.1. The molecular weight excluding hydrogens is 572 g/mol. The number of fused-ring (bicyclic) bond motifs is 1. The molecule has 0 atom stereocenters. The maximum atomic E-state index is 13.9. The molecule has 0 unspecified atom stereocenters. The fraction of sp³-hybridized carbons (Fsp3) is 0.500. The number of thioether (sulfide) groups is 1. The first-order valence-corrected chi connectivity index (χ1v) is 16.8. The summed E-state index contributed by atoms with van der Waals surface area (Å²) in [5, 5.41) is 0.704. The van der Waals surface area contributed by atoms with E-state index in [-0.39, 0.29) is 16.0 Å². The Kier molecular flexibility index (Phi) is 8.76. The first-order valence-electron chi connectivity index (χ1n) is 12.2. The van der Waals surface area contributed by atoms with Crippen molar-refractivity contribution in [2.45, 2.75) is 21.9 Å². The van der Waals surface area contributed by atoms with Crippen molar-refractivity contribution in [2.24, 2.45) is 5.92 Å². The molecule has 1 amide bonds. The van der Waals surface area contributed by atoms with Gasteiger partial charge in [0, 0.05) is 50.1 Å². The van der Waals surface area contributed by atoms with E-state index in [9.17, 15) is 13.2 Å². The lowest BCUT2D eigenvalue weighted by Crippen LogP contribution is -2.47. The molecular formula is C24H29ClN4O4S4. The van der Waals surface area contributed by atoms with Crippen molar-refractivity contribution in [1.82, 2.24) is 14.2 Å². The van der Waals surface area contributed by atoms with Gasteiger partial charge in [0.15, 0.2) is 5.13 Å². The van der Waals surface area contributed by atoms with Gasteiger partial charge in [0.25, 0.3) is 10.0 Å². The van der Waals surface area contributed by atoms with Crippen molar-refractivity contribution in [3.63, 3.8) is 0 Å². The number of rotatable bonds is 8. The molecule has 2 saturated heterocycles. The van der Waals surface area contributed by atoms with Gasteiger partial charge in [-0.05, 0) is 49.4 Å². The summed E-state index contributed by atoms with van der Waals surface area (Å²) in [7, 11) is -3.60. The molecule has 0 radical (unpaired) electrons. The Hall–Kier alpha value is -1.25. The van der Waals surface area contributed by atoms with Crippen LogP contribution in [0.25, 0.3) is 10.2 Å². The molecule has 2 aliphatic heterocycles. The first-order chi connectivity index (χ1) is 17.8. The van der Waals surface area contributed by atoms with E-state index in [1.54, 1.807) is 23.9 Å². The molecule has 1 aromatic carbocycles. The van der Waals surface area contributed by atoms with Crippen molar-refractivity contribution in [1.29, 1.82) is 0 Å². The van der Waals surface area contributed by atoms with Crippen molar-refractivity contribution >= 4 is 77.3 Å². The number of benzene rings is 1. The Morgan fingerprint density at radius 3 is 2.59 bits per heavy atom. The van der Waals surface area contributed by atoms with Crippen LogP contribution >= 0.6 is 46.0 Å². The van der Waals surface area contributed by atoms with Crippen LogP contribution in [0.2, 0.25) is 4.34 Å². The third-order valence-electron chi connectivity index (χ3n) is 6.77. The highest BCUT2D eigenvalue weighted by Gasteiger charge is 2.35. The second kappa shape index (κ2) is 11.9. The fourth-order valence-corrected chi connectivity index (χ4v) is 9.29. The van der Waals surface area contributed by atoms with E-state index >= 15 is 0 Å². The van der Waals surface area contributed by atoms with E-state index in [1.807, 2.05) is 23.3 Å². The van der Waals surface area contributed by atoms with E-state index in [0.717, 1.165) is 46.1 Å². The molecule has 37 heavy (non-hydrogen) atoms. The number of carbonyl (C=O) groups excluding carboxylic acids is 1. The minimum Gasteiger partial charge on any atom is -0.379 e. The van der Waals surface area contributed by atoms with E-state index < -0.39 is 10.0 Å². The summed E-state index contributed by atoms with van der Waals surface area (Å²) in [5.74, 6) is -0.231. The minimum atomic E-state index is -3.60. The smallest absolute Gasteiger partial charge is 0.252 e. The van der Waals surface area contributed by atoms with Crippen LogP contribution in [0.3, 0.4) is 0 Å². The number of thiophene rings is 1. The Morgan fingerprint density at radius 1 is 1.16 bits per heavy atom. The largest absolute Gasteiger partial charge is 0.379 e. The molecule has 4 heterocycles. The molecule has 200 valence electrons. The molecule has 2 fully saturated rings. The normalized spacial score (nSPS) is 18.4. The lowest BCUT2D eigenvalue weighted by molar-refractivity contribution is -0.123. The van der Waals surface area contributed by atoms with Gasteiger partial charge in [0.2, 0.25) is 5.91 Å². The number of piperidine rings is 1. The standard InChI is InChI=1S/C24H29ClN4O4S4/c1-34-18-2-3-19-20(16-18)35-24(26-19)29(11-10-27-12-14-33-15-13-27)23(30)17-6-8-28(9-7-17)37(31,32)22-5-4-21(25)36-22/h2-5,16-17H,6-15H2,1H3. The summed E-state index contributed by atoms with van der Waals surface area (Å²) in [6.07, 6.45) is 3.00. The highest BCUT2D eigenvalue weighted by Crippen LogP contribution is 2.34. The van der Waals surface area contributed by atoms with Crippen molar-refractivity contribution < 1.29 is 17.9 Å². The predicted octanol–water partition coefficient (Wildman–Crippen LogP) is 4.50. The second-order valence-corrected chi connectivity index (χ2v) is 14.8. The topological polar surface area (TPSA) is 83.1 Å². The predicted molar refractivity (Wildman–Crippen MR) is 152 cm³/mol. The molecule has 8 nitrogen and oxygen atoms in total. The van der Waals surface area contributed by atoms with E-state index in [0.29, 0.717) is 55.2 Å². The average molecular weight is 601 g/mol.